The summed E-state index contributed by atoms with van der Waals surface area (Å²) in [6.45, 7) is 6.12. The molecule has 0 aromatic heterocycles. The van der Waals surface area contributed by atoms with Gasteiger partial charge in [-0.25, -0.2) is 13.4 Å². The van der Waals surface area contributed by atoms with Crippen molar-refractivity contribution in [1.29, 1.82) is 0 Å². The number of carbonyl (C=O) groups excluding carboxylic acids is 1. The normalized spacial score (nSPS) is 16.6. The van der Waals surface area contributed by atoms with Crippen LogP contribution in [-0.4, -0.2) is 31.3 Å². The Bertz CT molecular complexity index is 1040. The van der Waals surface area contributed by atoms with E-state index in [2.05, 4.69) is 23.8 Å². The maximum atomic E-state index is 13.2. The molecule has 0 fully saturated rings. The molecule has 0 saturated carbocycles. The quantitative estimate of drug-likeness (QED) is 0.707. The Hall–Kier alpha value is -2.67. The van der Waals surface area contributed by atoms with Crippen LogP contribution in [0.2, 0.25) is 0 Å². The Morgan fingerprint density at radius 1 is 1.13 bits per heavy atom. The molecule has 1 N–H and O–H groups in total. The zero-order valence-electron chi connectivity index (χ0n) is 17.9. The van der Waals surface area contributed by atoms with Gasteiger partial charge < -0.3 is 0 Å². The van der Waals surface area contributed by atoms with Crippen molar-refractivity contribution in [2.75, 3.05) is 11.0 Å². The fourth-order valence-electron chi connectivity index (χ4n) is 3.86. The summed E-state index contributed by atoms with van der Waals surface area (Å²) in [6, 6.07) is 15.1. The minimum Gasteiger partial charge on any atom is -0.284 e. The van der Waals surface area contributed by atoms with Crippen molar-refractivity contribution in [3.63, 3.8) is 0 Å². The smallest absolute Gasteiger partial charge is 0.246 e. The van der Waals surface area contributed by atoms with E-state index in [1.807, 2.05) is 38.1 Å². The summed E-state index contributed by atoms with van der Waals surface area (Å²) in [5.41, 5.74) is 4.45. The number of benzene rings is 2. The lowest BCUT2D eigenvalue weighted by Crippen LogP contribution is -2.32. The van der Waals surface area contributed by atoms with Crippen LogP contribution in [0.1, 0.15) is 55.8 Å². The predicted octanol–water partition coefficient (Wildman–Crippen LogP) is 4.48. The van der Waals surface area contributed by atoms with Gasteiger partial charge >= 0.3 is 0 Å². The van der Waals surface area contributed by atoms with Crippen molar-refractivity contribution in [2.45, 2.75) is 46.1 Å². The number of carbonyl (C=O) groups is 1. The van der Waals surface area contributed by atoms with Gasteiger partial charge in [-0.3, -0.25) is 9.52 Å². The number of aryl methyl sites for hydroxylation is 1. The molecule has 1 amide bonds. The minimum atomic E-state index is -3.33. The molecule has 0 radical (unpaired) electrons. The molecule has 1 aliphatic rings. The molecule has 1 unspecified atom stereocenters. The number of rotatable bonds is 7. The van der Waals surface area contributed by atoms with Crippen molar-refractivity contribution in [1.82, 2.24) is 5.01 Å². The van der Waals surface area contributed by atoms with Gasteiger partial charge in [-0.15, -0.1) is 0 Å². The Labute approximate surface area is 179 Å². The summed E-state index contributed by atoms with van der Waals surface area (Å²) < 4.78 is 25.3. The van der Waals surface area contributed by atoms with E-state index >= 15 is 0 Å². The first-order valence-corrected chi connectivity index (χ1v) is 12.2. The van der Waals surface area contributed by atoms with E-state index in [9.17, 15) is 13.2 Å². The minimum absolute atomic E-state index is 0.0543. The molecule has 30 heavy (non-hydrogen) atoms. The predicted molar refractivity (Wildman–Crippen MR) is 121 cm³/mol. The molecule has 0 aliphatic carbocycles. The van der Waals surface area contributed by atoms with Gasteiger partial charge in [0.05, 0.1) is 18.0 Å². The number of anilines is 1. The molecule has 1 atom stereocenters. The molecule has 0 saturated heterocycles. The lowest BCUT2D eigenvalue weighted by molar-refractivity contribution is -0.137. The Morgan fingerprint density at radius 3 is 2.33 bits per heavy atom. The van der Waals surface area contributed by atoms with Gasteiger partial charge in [0.1, 0.15) is 0 Å². The van der Waals surface area contributed by atoms with Crippen LogP contribution in [0.3, 0.4) is 0 Å². The van der Waals surface area contributed by atoms with E-state index < -0.39 is 10.0 Å². The van der Waals surface area contributed by atoms with Crippen molar-refractivity contribution in [3.05, 3.63) is 65.2 Å². The molecule has 160 valence electrons. The first-order valence-electron chi connectivity index (χ1n) is 10.3. The monoisotopic (exact) mass is 427 g/mol. The van der Waals surface area contributed by atoms with Crippen molar-refractivity contribution < 1.29 is 13.2 Å². The number of sulfonamides is 1. The molecular formula is C23H29N3O3S. The summed E-state index contributed by atoms with van der Waals surface area (Å²) >= 11 is 0. The van der Waals surface area contributed by atoms with Gasteiger partial charge in [0, 0.05) is 18.0 Å². The van der Waals surface area contributed by atoms with Crippen LogP contribution >= 0.6 is 0 Å². The second-order valence-corrected chi connectivity index (χ2v) is 9.52. The van der Waals surface area contributed by atoms with Gasteiger partial charge in [0.15, 0.2) is 0 Å². The second kappa shape index (κ2) is 9.00. The summed E-state index contributed by atoms with van der Waals surface area (Å²) in [5.74, 6) is -0.000397. The standard InChI is InChI=1S/C23H29N3O3S/c1-5-17(6-2)23(27)26-22(20-10-8-7-9-16(20)3)15-21(24-26)18-11-13-19(14-12-18)25-30(4,28)29/h7-14,17,22,25H,5-6,15H2,1-4H3. The van der Waals surface area contributed by atoms with E-state index in [1.54, 1.807) is 17.1 Å². The van der Waals surface area contributed by atoms with Crippen molar-refractivity contribution in [3.8, 4) is 0 Å². The largest absolute Gasteiger partial charge is 0.284 e. The van der Waals surface area contributed by atoms with Crippen LogP contribution in [-0.2, 0) is 14.8 Å². The van der Waals surface area contributed by atoms with Crippen LogP contribution in [0.15, 0.2) is 53.6 Å². The van der Waals surface area contributed by atoms with Crippen molar-refractivity contribution in [2.24, 2.45) is 11.0 Å². The molecule has 1 heterocycles. The maximum Gasteiger partial charge on any atom is 0.246 e. The van der Waals surface area contributed by atoms with E-state index in [-0.39, 0.29) is 17.9 Å². The number of nitrogens with zero attached hydrogens (tertiary/aromatic N) is 2. The van der Waals surface area contributed by atoms with E-state index in [1.165, 1.54) is 0 Å². The summed E-state index contributed by atoms with van der Waals surface area (Å²) in [6.07, 6.45) is 3.30. The second-order valence-electron chi connectivity index (χ2n) is 7.77. The fraction of sp³-hybridized carbons (Fsp3) is 0.391. The number of amides is 1. The molecule has 3 rings (SSSR count). The van der Waals surface area contributed by atoms with Gasteiger partial charge in [0.2, 0.25) is 15.9 Å². The molecule has 0 bridgehead atoms. The summed E-state index contributed by atoms with van der Waals surface area (Å²) in [5, 5.41) is 6.40. The molecular weight excluding hydrogens is 398 g/mol. The van der Waals surface area contributed by atoms with Gasteiger partial charge in [-0.1, -0.05) is 50.2 Å². The van der Waals surface area contributed by atoms with Gasteiger partial charge in [0.25, 0.3) is 0 Å². The first-order chi connectivity index (χ1) is 14.2. The fourth-order valence-corrected chi connectivity index (χ4v) is 4.42. The topological polar surface area (TPSA) is 78.8 Å². The van der Waals surface area contributed by atoms with Crippen molar-refractivity contribution >= 4 is 27.3 Å². The highest BCUT2D eigenvalue weighted by atomic mass is 32.2. The molecule has 0 spiro atoms. The molecule has 2 aromatic rings. The third kappa shape index (κ3) is 4.90. The van der Waals surface area contributed by atoms with E-state index in [0.29, 0.717) is 12.1 Å². The lowest BCUT2D eigenvalue weighted by atomic mass is 9.94. The number of nitrogens with one attached hydrogen (secondary N) is 1. The van der Waals surface area contributed by atoms with Crippen LogP contribution < -0.4 is 4.72 Å². The van der Waals surface area contributed by atoms with Gasteiger partial charge in [-0.05, 0) is 48.6 Å². The third-order valence-electron chi connectivity index (χ3n) is 5.54. The third-order valence-corrected chi connectivity index (χ3v) is 6.15. The van der Waals surface area contributed by atoms with Crippen LogP contribution in [0.25, 0.3) is 0 Å². The Balaban J connectivity index is 1.94. The van der Waals surface area contributed by atoms with Crippen LogP contribution in [0.5, 0.6) is 0 Å². The summed E-state index contributed by atoms with van der Waals surface area (Å²) in [7, 11) is -3.33. The van der Waals surface area contributed by atoms with Gasteiger partial charge in [-0.2, -0.15) is 5.10 Å². The maximum absolute atomic E-state index is 13.2. The highest BCUT2D eigenvalue weighted by molar-refractivity contribution is 7.92. The average Bonchev–Trinajstić information content (AvgIpc) is 3.13. The molecule has 6 nitrogen and oxygen atoms in total. The molecule has 2 aromatic carbocycles. The Morgan fingerprint density at radius 2 is 1.77 bits per heavy atom. The highest BCUT2D eigenvalue weighted by Gasteiger charge is 2.35. The number of hydrogen-bond donors (Lipinski definition) is 1. The Kier molecular flexibility index (Phi) is 6.61. The average molecular weight is 428 g/mol. The van der Waals surface area contributed by atoms with E-state index in [4.69, 9.17) is 5.10 Å². The van der Waals surface area contributed by atoms with Crippen LogP contribution in [0, 0.1) is 12.8 Å². The molecule has 1 aliphatic heterocycles. The molecule has 7 heteroatoms. The number of hydrogen-bond acceptors (Lipinski definition) is 4. The van der Waals surface area contributed by atoms with E-state index in [0.717, 1.165) is 41.5 Å². The zero-order chi connectivity index (χ0) is 21.9. The number of hydrazone groups is 1. The van der Waals surface area contributed by atoms with Crippen LogP contribution in [0.4, 0.5) is 5.69 Å². The zero-order valence-corrected chi connectivity index (χ0v) is 18.7. The summed E-state index contributed by atoms with van der Waals surface area (Å²) in [4.78, 5) is 13.2. The lowest BCUT2D eigenvalue weighted by Gasteiger charge is -2.26. The SMILES string of the molecule is CCC(CC)C(=O)N1N=C(c2ccc(NS(C)(=O)=O)cc2)CC1c1ccccc1C. The highest BCUT2D eigenvalue weighted by Crippen LogP contribution is 2.36. The first kappa shape index (κ1) is 22.0.